The highest BCUT2D eigenvalue weighted by atomic mass is 16.5. The molecule has 2 amide bonds. The molecule has 0 bridgehead atoms. The number of carbonyl (C=O) groups is 2. The van der Waals surface area contributed by atoms with E-state index in [1.807, 2.05) is 29.9 Å². The molecule has 7 rings (SSSR count). The second-order valence-corrected chi connectivity index (χ2v) is 13.9. The Hall–Kier alpha value is -5.20. The maximum Gasteiger partial charge on any atom is 0.270 e. The molecule has 0 radical (unpaired) electrons. The lowest BCUT2D eigenvalue weighted by atomic mass is 9.90. The number of piperidine rings is 1. The molecule has 53 heavy (non-hydrogen) atoms. The molecule has 0 spiro atoms. The van der Waals surface area contributed by atoms with E-state index in [9.17, 15) is 9.59 Å². The molecule has 0 saturated carbocycles. The molecule has 4 aromatic heterocycles. The highest BCUT2D eigenvalue weighted by Crippen LogP contribution is 2.31. The Labute approximate surface area is 310 Å². The summed E-state index contributed by atoms with van der Waals surface area (Å²) in [4.78, 5) is 40.8. The number of anilines is 1. The van der Waals surface area contributed by atoms with Gasteiger partial charge >= 0.3 is 0 Å². The van der Waals surface area contributed by atoms with Crippen molar-refractivity contribution < 1.29 is 14.3 Å². The quantitative estimate of drug-likeness (QED) is 0.125. The number of aromatic nitrogens is 5. The smallest absolute Gasteiger partial charge is 0.270 e. The summed E-state index contributed by atoms with van der Waals surface area (Å²) in [5, 5.41) is 18.7. The van der Waals surface area contributed by atoms with Gasteiger partial charge in [-0.1, -0.05) is 31.2 Å². The van der Waals surface area contributed by atoms with Gasteiger partial charge in [0.25, 0.3) is 11.8 Å². The van der Waals surface area contributed by atoms with Crippen LogP contribution in [0, 0.1) is 5.92 Å². The zero-order valence-corrected chi connectivity index (χ0v) is 30.7. The van der Waals surface area contributed by atoms with Gasteiger partial charge in [0.1, 0.15) is 11.4 Å². The first-order valence-corrected chi connectivity index (χ1v) is 19.0. The van der Waals surface area contributed by atoms with Crippen molar-refractivity contribution >= 4 is 28.5 Å². The Bertz CT molecular complexity index is 2050. The number of ether oxygens (including phenoxy) is 1. The number of nitrogens with zero attached hydrogens (tertiary/aromatic N) is 5. The standard InChI is InChI=1S/C41H49N9O3/c1-3-34-32(38(47-31-14-19-53-20-15-31)33-26-46-50(4-2)39(33)49-34)25-45-41(52)36-10-6-9-35(48-36)40(51)44-24-29-13-18-43-37(23-29)30-8-5-7-28(22-30)21-27-11-16-42-17-12-27/h5-10,13,18,22-23,26-27,31,42H,3-4,11-12,14-17,19-21,24-25H2,1-2H3,(H,44,51)(H,45,52)(H,47,49). The molecule has 0 unspecified atom stereocenters. The van der Waals surface area contributed by atoms with Crippen molar-refractivity contribution in [2.45, 2.75) is 78.0 Å². The molecule has 0 atom stereocenters. The average Bonchev–Trinajstić information content (AvgIpc) is 3.63. The third-order valence-electron chi connectivity index (χ3n) is 10.3. The van der Waals surface area contributed by atoms with Gasteiger partial charge in [0.05, 0.1) is 23.0 Å². The number of fused-ring (bicyclic) bond motifs is 1. The van der Waals surface area contributed by atoms with Gasteiger partial charge in [0.2, 0.25) is 0 Å². The first-order chi connectivity index (χ1) is 26.0. The van der Waals surface area contributed by atoms with E-state index >= 15 is 0 Å². The molecule has 1 aromatic carbocycles. The van der Waals surface area contributed by atoms with Crippen molar-refractivity contribution in [3.8, 4) is 11.3 Å². The Balaban J connectivity index is 1.01. The van der Waals surface area contributed by atoms with Gasteiger partial charge in [0, 0.05) is 61.9 Å². The van der Waals surface area contributed by atoms with E-state index in [0.717, 1.165) is 77.2 Å². The summed E-state index contributed by atoms with van der Waals surface area (Å²) < 4.78 is 7.49. The van der Waals surface area contributed by atoms with Crippen molar-refractivity contribution in [1.82, 2.24) is 40.7 Å². The predicted octanol–water partition coefficient (Wildman–Crippen LogP) is 5.46. The van der Waals surface area contributed by atoms with Crippen molar-refractivity contribution in [2.24, 2.45) is 5.92 Å². The topological polar surface area (TPSA) is 148 Å². The number of amides is 2. The van der Waals surface area contributed by atoms with E-state index in [1.54, 1.807) is 24.4 Å². The Morgan fingerprint density at radius 1 is 0.887 bits per heavy atom. The average molecular weight is 716 g/mol. The van der Waals surface area contributed by atoms with Gasteiger partial charge in [-0.05, 0) is 106 Å². The first kappa shape index (κ1) is 36.2. The van der Waals surface area contributed by atoms with Crippen LogP contribution in [-0.2, 0) is 37.2 Å². The Kier molecular flexibility index (Phi) is 11.7. The molecule has 2 fully saturated rings. The van der Waals surface area contributed by atoms with Crippen molar-refractivity contribution in [3.05, 3.63) is 101 Å². The minimum atomic E-state index is -0.371. The number of aryl methyl sites for hydroxylation is 2. The van der Waals surface area contributed by atoms with Gasteiger partial charge < -0.3 is 26.0 Å². The molecule has 12 nitrogen and oxygen atoms in total. The lowest BCUT2D eigenvalue weighted by Gasteiger charge is -2.26. The SMILES string of the molecule is CCc1nc2c(cnn2CC)c(NC2CCOCC2)c1CNC(=O)c1cccc(C(=O)NCc2ccnc(-c3cccc(CC4CCNCC4)c3)c2)n1. The van der Waals surface area contributed by atoms with E-state index in [2.05, 4.69) is 67.5 Å². The van der Waals surface area contributed by atoms with E-state index in [-0.39, 0.29) is 35.8 Å². The monoisotopic (exact) mass is 715 g/mol. The molecule has 2 saturated heterocycles. The second-order valence-electron chi connectivity index (χ2n) is 13.9. The molecular weight excluding hydrogens is 667 g/mol. The summed E-state index contributed by atoms with van der Waals surface area (Å²) >= 11 is 0. The highest BCUT2D eigenvalue weighted by Gasteiger charge is 2.23. The summed E-state index contributed by atoms with van der Waals surface area (Å²) in [7, 11) is 0. The number of pyridine rings is 3. The van der Waals surface area contributed by atoms with Crippen LogP contribution < -0.4 is 21.3 Å². The fourth-order valence-electron chi connectivity index (χ4n) is 7.34. The first-order valence-electron chi connectivity index (χ1n) is 19.0. The third-order valence-corrected chi connectivity index (χ3v) is 10.3. The molecule has 12 heteroatoms. The van der Waals surface area contributed by atoms with Crippen LogP contribution in [0.25, 0.3) is 22.3 Å². The third kappa shape index (κ3) is 8.72. The second kappa shape index (κ2) is 17.1. The minimum absolute atomic E-state index is 0.165. The summed E-state index contributed by atoms with van der Waals surface area (Å²) in [5.41, 5.74) is 8.11. The van der Waals surface area contributed by atoms with Gasteiger partial charge in [0.15, 0.2) is 5.65 Å². The van der Waals surface area contributed by atoms with Crippen molar-refractivity contribution in [1.29, 1.82) is 0 Å². The largest absolute Gasteiger partial charge is 0.381 e. The maximum atomic E-state index is 13.5. The predicted molar refractivity (Wildman–Crippen MR) is 206 cm³/mol. The summed E-state index contributed by atoms with van der Waals surface area (Å²) in [5.74, 6) is -0.0278. The molecule has 4 N–H and O–H groups in total. The van der Waals surface area contributed by atoms with E-state index in [1.165, 1.54) is 18.4 Å². The summed E-state index contributed by atoms with van der Waals surface area (Å²) in [6.07, 6.45) is 9.59. The number of hydrogen-bond acceptors (Lipinski definition) is 9. The van der Waals surface area contributed by atoms with Crippen LogP contribution in [0.5, 0.6) is 0 Å². The van der Waals surface area contributed by atoms with Crippen LogP contribution in [0.4, 0.5) is 5.69 Å². The number of carbonyl (C=O) groups excluding carboxylic acids is 2. The summed E-state index contributed by atoms with van der Waals surface area (Å²) in [6.45, 7) is 8.96. The maximum absolute atomic E-state index is 13.5. The molecule has 2 aliphatic heterocycles. The zero-order valence-electron chi connectivity index (χ0n) is 30.7. The Morgan fingerprint density at radius 2 is 1.64 bits per heavy atom. The molecule has 0 aliphatic carbocycles. The normalized spacial score (nSPS) is 15.4. The number of nitrogens with one attached hydrogen (secondary N) is 4. The van der Waals surface area contributed by atoms with Gasteiger partial charge in [-0.2, -0.15) is 5.10 Å². The molecule has 5 aromatic rings. The van der Waals surface area contributed by atoms with E-state index < -0.39 is 0 Å². The molecular formula is C41H49N9O3. The van der Waals surface area contributed by atoms with Crippen LogP contribution in [0.15, 0.2) is 67.0 Å². The molecule has 2 aliphatic rings. The van der Waals surface area contributed by atoms with Crippen LogP contribution in [0.2, 0.25) is 0 Å². The zero-order chi connectivity index (χ0) is 36.6. The van der Waals surface area contributed by atoms with Gasteiger partial charge in [-0.15, -0.1) is 0 Å². The van der Waals surface area contributed by atoms with Crippen LogP contribution in [0.3, 0.4) is 0 Å². The van der Waals surface area contributed by atoms with Crippen molar-refractivity contribution in [2.75, 3.05) is 31.6 Å². The summed E-state index contributed by atoms with van der Waals surface area (Å²) in [6, 6.07) is 17.7. The van der Waals surface area contributed by atoms with Gasteiger partial charge in [-0.25, -0.2) is 14.6 Å². The molecule has 6 heterocycles. The minimum Gasteiger partial charge on any atom is -0.381 e. The number of rotatable bonds is 13. The van der Waals surface area contributed by atoms with Crippen LogP contribution in [0.1, 0.15) is 82.9 Å². The van der Waals surface area contributed by atoms with Crippen molar-refractivity contribution in [3.63, 3.8) is 0 Å². The lowest BCUT2D eigenvalue weighted by molar-refractivity contribution is 0.0904. The van der Waals surface area contributed by atoms with Crippen LogP contribution >= 0.6 is 0 Å². The van der Waals surface area contributed by atoms with E-state index in [0.29, 0.717) is 38.6 Å². The highest BCUT2D eigenvalue weighted by molar-refractivity contribution is 5.97. The molecule has 276 valence electrons. The van der Waals surface area contributed by atoms with Gasteiger partial charge in [-0.3, -0.25) is 14.6 Å². The van der Waals surface area contributed by atoms with Crippen LogP contribution in [-0.4, -0.2) is 68.9 Å². The fraction of sp³-hybridized carbons (Fsp3) is 0.415. The fourth-order valence-corrected chi connectivity index (χ4v) is 7.34. The number of hydrogen-bond donors (Lipinski definition) is 4. The number of benzene rings is 1. The lowest BCUT2D eigenvalue weighted by Crippen LogP contribution is -2.30. The Morgan fingerprint density at radius 3 is 2.40 bits per heavy atom. The van der Waals surface area contributed by atoms with E-state index in [4.69, 9.17) is 9.72 Å².